The molecule has 130 valence electrons. The molecule has 1 amide bonds. The van der Waals surface area contributed by atoms with Crippen molar-refractivity contribution in [2.24, 2.45) is 17.6 Å². The Morgan fingerprint density at radius 1 is 1.12 bits per heavy atom. The summed E-state index contributed by atoms with van der Waals surface area (Å²) in [6.45, 7) is 2.69. The molecule has 0 radical (unpaired) electrons. The van der Waals surface area contributed by atoms with Crippen LogP contribution >= 0.6 is 12.4 Å². The van der Waals surface area contributed by atoms with Crippen molar-refractivity contribution in [2.45, 2.75) is 38.6 Å². The molecule has 1 aliphatic carbocycles. The minimum absolute atomic E-state index is 0. The molecule has 1 saturated carbocycles. The second kappa shape index (κ2) is 8.50. The number of carbonyl (C=O) groups excluding carboxylic acids is 1. The van der Waals surface area contributed by atoms with Gasteiger partial charge >= 0.3 is 0 Å². The molecule has 3 nitrogen and oxygen atoms in total. The van der Waals surface area contributed by atoms with Crippen LogP contribution in [-0.2, 0) is 4.79 Å². The van der Waals surface area contributed by atoms with Gasteiger partial charge in [-0.15, -0.1) is 12.4 Å². The van der Waals surface area contributed by atoms with Crippen LogP contribution in [0.2, 0.25) is 0 Å². The average molecular weight is 347 g/mol. The normalized spacial score (nSPS) is 21.8. The number of amides is 1. The zero-order valence-electron chi connectivity index (χ0n) is 14.2. The van der Waals surface area contributed by atoms with Gasteiger partial charge in [-0.05, 0) is 54.0 Å². The minimum atomic E-state index is -0.105. The molecule has 3 N–H and O–H groups in total. The average Bonchev–Trinajstić information content (AvgIpc) is 2.59. The van der Waals surface area contributed by atoms with Crippen LogP contribution in [0.25, 0.3) is 10.8 Å². The third-order valence-electron chi connectivity index (χ3n) is 5.11. The lowest BCUT2D eigenvalue weighted by molar-refractivity contribution is -0.126. The van der Waals surface area contributed by atoms with Gasteiger partial charge in [0.25, 0.3) is 0 Å². The SMILES string of the molecule is CC1CCC(C(=O)N[C@@H](CN)c2ccc3ccccc3c2)CC1.Cl. The molecule has 0 heterocycles. The van der Waals surface area contributed by atoms with Gasteiger partial charge in [-0.25, -0.2) is 0 Å². The summed E-state index contributed by atoms with van der Waals surface area (Å²) in [7, 11) is 0. The van der Waals surface area contributed by atoms with E-state index in [0.29, 0.717) is 6.54 Å². The minimum Gasteiger partial charge on any atom is -0.348 e. The largest absolute Gasteiger partial charge is 0.348 e. The Kier molecular flexibility index (Phi) is 6.64. The molecule has 0 unspecified atom stereocenters. The van der Waals surface area contributed by atoms with Crippen molar-refractivity contribution in [2.75, 3.05) is 6.54 Å². The molecule has 0 bridgehead atoms. The van der Waals surface area contributed by atoms with Gasteiger partial charge in [0, 0.05) is 12.5 Å². The van der Waals surface area contributed by atoms with Gasteiger partial charge < -0.3 is 11.1 Å². The zero-order chi connectivity index (χ0) is 16.2. The summed E-state index contributed by atoms with van der Waals surface area (Å²) in [6, 6.07) is 14.5. The van der Waals surface area contributed by atoms with Crippen molar-refractivity contribution in [1.82, 2.24) is 5.32 Å². The highest BCUT2D eigenvalue weighted by atomic mass is 35.5. The Labute approximate surface area is 150 Å². The van der Waals surface area contributed by atoms with E-state index in [1.54, 1.807) is 0 Å². The maximum absolute atomic E-state index is 12.5. The van der Waals surface area contributed by atoms with Crippen molar-refractivity contribution < 1.29 is 4.79 Å². The molecular weight excluding hydrogens is 320 g/mol. The molecule has 4 heteroatoms. The van der Waals surface area contributed by atoms with Crippen molar-refractivity contribution in [3.63, 3.8) is 0 Å². The molecule has 3 rings (SSSR count). The number of nitrogens with one attached hydrogen (secondary N) is 1. The molecule has 0 aliphatic heterocycles. The fourth-order valence-electron chi connectivity index (χ4n) is 3.51. The Morgan fingerprint density at radius 2 is 1.79 bits per heavy atom. The van der Waals surface area contributed by atoms with Crippen LogP contribution in [0.4, 0.5) is 0 Å². The molecule has 0 aromatic heterocycles. The smallest absolute Gasteiger partial charge is 0.223 e. The summed E-state index contributed by atoms with van der Waals surface area (Å²) in [6.07, 6.45) is 4.31. The first-order valence-electron chi connectivity index (χ1n) is 8.66. The van der Waals surface area contributed by atoms with Gasteiger partial charge in [-0.2, -0.15) is 0 Å². The van der Waals surface area contributed by atoms with E-state index in [1.807, 2.05) is 12.1 Å². The monoisotopic (exact) mass is 346 g/mol. The van der Waals surface area contributed by atoms with Crippen LogP contribution in [0.3, 0.4) is 0 Å². The van der Waals surface area contributed by atoms with Gasteiger partial charge in [-0.1, -0.05) is 43.3 Å². The lowest BCUT2D eigenvalue weighted by atomic mass is 9.82. The van der Waals surface area contributed by atoms with E-state index in [1.165, 1.54) is 10.8 Å². The number of carbonyl (C=O) groups is 1. The van der Waals surface area contributed by atoms with Crippen molar-refractivity contribution in [3.8, 4) is 0 Å². The van der Waals surface area contributed by atoms with E-state index in [-0.39, 0.29) is 30.3 Å². The maximum Gasteiger partial charge on any atom is 0.223 e. The second-order valence-electron chi connectivity index (χ2n) is 6.86. The Bertz CT molecular complexity index is 680. The molecule has 0 spiro atoms. The Morgan fingerprint density at radius 3 is 2.46 bits per heavy atom. The van der Waals surface area contributed by atoms with Crippen LogP contribution in [0.5, 0.6) is 0 Å². The van der Waals surface area contributed by atoms with Crippen molar-refractivity contribution in [3.05, 3.63) is 48.0 Å². The fourth-order valence-corrected chi connectivity index (χ4v) is 3.51. The van der Waals surface area contributed by atoms with Crippen LogP contribution in [0.15, 0.2) is 42.5 Å². The molecular formula is C20H27ClN2O. The summed E-state index contributed by atoms with van der Waals surface area (Å²) < 4.78 is 0. The molecule has 1 atom stereocenters. The predicted molar refractivity (Wildman–Crippen MR) is 102 cm³/mol. The predicted octanol–water partition coefficient (Wildman–Crippen LogP) is 4.20. The third-order valence-corrected chi connectivity index (χ3v) is 5.11. The second-order valence-corrected chi connectivity index (χ2v) is 6.86. The summed E-state index contributed by atoms with van der Waals surface area (Å²) in [5, 5.41) is 5.56. The highest BCUT2D eigenvalue weighted by Crippen LogP contribution is 2.29. The van der Waals surface area contributed by atoms with Crippen LogP contribution < -0.4 is 11.1 Å². The van der Waals surface area contributed by atoms with Gasteiger partial charge in [-0.3, -0.25) is 4.79 Å². The quantitative estimate of drug-likeness (QED) is 0.871. The lowest BCUT2D eigenvalue weighted by Gasteiger charge is -2.27. The first kappa shape index (κ1) is 18.8. The van der Waals surface area contributed by atoms with Gasteiger partial charge in [0.05, 0.1) is 6.04 Å². The van der Waals surface area contributed by atoms with E-state index in [9.17, 15) is 4.79 Å². The number of hydrogen-bond donors (Lipinski definition) is 2. The summed E-state index contributed by atoms with van der Waals surface area (Å²) in [4.78, 5) is 12.5. The van der Waals surface area contributed by atoms with Crippen LogP contribution in [-0.4, -0.2) is 12.5 Å². The van der Waals surface area contributed by atoms with E-state index >= 15 is 0 Å². The fraction of sp³-hybridized carbons (Fsp3) is 0.450. The molecule has 1 fully saturated rings. The molecule has 24 heavy (non-hydrogen) atoms. The first-order chi connectivity index (χ1) is 11.2. The number of rotatable bonds is 4. The zero-order valence-corrected chi connectivity index (χ0v) is 15.0. The Hall–Kier alpha value is -1.58. The first-order valence-corrected chi connectivity index (χ1v) is 8.66. The molecule has 2 aromatic carbocycles. The lowest BCUT2D eigenvalue weighted by Crippen LogP contribution is -2.38. The van der Waals surface area contributed by atoms with Gasteiger partial charge in [0.2, 0.25) is 5.91 Å². The molecule has 0 saturated heterocycles. The summed E-state index contributed by atoms with van der Waals surface area (Å²) in [5.74, 6) is 1.08. The number of hydrogen-bond acceptors (Lipinski definition) is 2. The van der Waals surface area contributed by atoms with E-state index < -0.39 is 0 Å². The highest BCUT2D eigenvalue weighted by Gasteiger charge is 2.26. The maximum atomic E-state index is 12.5. The topological polar surface area (TPSA) is 55.1 Å². The Balaban J connectivity index is 0.00000208. The third kappa shape index (κ3) is 4.28. The van der Waals surface area contributed by atoms with Crippen molar-refractivity contribution in [1.29, 1.82) is 0 Å². The summed E-state index contributed by atoms with van der Waals surface area (Å²) in [5.41, 5.74) is 7.02. The van der Waals surface area contributed by atoms with Crippen LogP contribution in [0, 0.1) is 11.8 Å². The van der Waals surface area contributed by atoms with E-state index in [4.69, 9.17) is 5.73 Å². The molecule has 2 aromatic rings. The number of fused-ring (bicyclic) bond motifs is 1. The number of benzene rings is 2. The molecule has 1 aliphatic rings. The van der Waals surface area contributed by atoms with E-state index in [2.05, 4.69) is 42.6 Å². The van der Waals surface area contributed by atoms with Crippen LogP contribution in [0.1, 0.15) is 44.2 Å². The number of halogens is 1. The highest BCUT2D eigenvalue weighted by molar-refractivity contribution is 5.85. The van der Waals surface area contributed by atoms with Gasteiger partial charge in [0.1, 0.15) is 0 Å². The standard InChI is InChI=1S/C20H26N2O.ClH/c1-14-6-8-16(9-7-14)20(23)22-19(13-21)18-11-10-15-4-2-3-5-17(15)12-18;/h2-5,10-12,14,16,19H,6-9,13,21H2,1H3,(H,22,23);1H/t14?,16?,19-;/m0./s1. The van der Waals surface area contributed by atoms with Crippen molar-refractivity contribution >= 4 is 29.1 Å². The van der Waals surface area contributed by atoms with Gasteiger partial charge in [0.15, 0.2) is 0 Å². The summed E-state index contributed by atoms with van der Waals surface area (Å²) >= 11 is 0. The van der Waals surface area contributed by atoms with E-state index in [0.717, 1.165) is 37.2 Å². The number of nitrogens with two attached hydrogens (primary N) is 1.